The van der Waals surface area contributed by atoms with Crippen molar-refractivity contribution in [2.24, 2.45) is 11.7 Å². The molecule has 0 aliphatic carbocycles. The molecule has 4 N–H and O–H groups in total. The van der Waals surface area contributed by atoms with Crippen molar-refractivity contribution in [2.75, 3.05) is 6.54 Å². The average molecular weight is 269 g/mol. The van der Waals surface area contributed by atoms with E-state index in [0.29, 0.717) is 0 Å². The van der Waals surface area contributed by atoms with Gasteiger partial charge in [-0.2, -0.15) is 0 Å². The first-order valence-corrected chi connectivity index (χ1v) is 7.34. The van der Waals surface area contributed by atoms with Gasteiger partial charge in [0.15, 0.2) is 0 Å². The number of carbonyl (C=O) groups is 2. The molecule has 3 unspecified atom stereocenters. The molecule has 1 aliphatic heterocycles. The first-order chi connectivity index (χ1) is 9.00. The van der Waals surface area contributed by atoms with Gasteiger partial charge in [-0.3, -0.25) is 9.59 Å². The highest BCUT2D eigenvalue weighted by Crippen LogP contribution is 2.11. The van der Waals surface area contributed by atoms with E-state index in [-0.39, 0.29) is 29.8 Å². The van der Waals surface area contributed by atoms with Crippen LogP contribution in [-0.2, 0) is 9.59 Å². The van der Waals surface area contributed by atoms with Crippen molar-refractivity contribution in [1.29, 1.82) is 0 Å². The van der Waals surface area contributed by atoms with Crippen molar-refractivity contribution < 1.29 is 9.59 Å². The van der Waals surface area contributed by atoms with Gasteiger partial charge in [0.05, 0.1) is 0 Å². The zero-order valence-electron chi connectivity index (χ0n) is 12.1. The molecule has 1 aliphatic rings. The predicted molar refractivity (Wildman–Crippen MR) is 75.5 cm³/mol. The quantitative estimate of drug-likeness (QED) is 0.670. The van der Waals surface area contributed by atoms with E-state index in [1.54, 1.807) is 0 Å². The van der Waals surface area contributed by atoms with Crippen LogP contribution in [0.5, 0.6) is 0 Å². The second kappa shape index (κ2) is 8.15. The molecule has 3 atom stereocenters. The van der Waals surface area contributed by atoms with Crippen LogP contribution >= 0.6 is 0 Å². The normalized spacial score (nSPS) is 23.1. The van der Waals surface area contributed by atoms with Gasteiger partial charge >= 0.3 is 0 Å². The van der Waals surface area contributed by atoms with Crippen LogP contribution in [0.1, 0.15) is 52.4 Å². The summed E-state index contributed by atoms with van der Waals surface area (Å²) in [5, 5.41) is 5.69. The predicted octanol–water partition coefficient (Wildman–Crippen LogP) is 0.925. The fourth-order valence-electron chi connectivity index (χ4n) is 2.27. The Kier molecular flexibility index (Phi) is 6.84. The maximum Gasteiger partial charge on any atom is 0.242 e. The molecule has 1 heterocycles. The minimum absolute atomic E-state index is 0.0216. The summed E-state index contributed by atoms with van der Waals surface area (Å²) in [7, 11) is 0. The first-order valence-electron chi connectivity index (χ1n) is 7.34. The van der Waals surface area contributed by atoms with E-state index in [4.69, 9.17) is 5.73 Å². The topological polar surface area (TPSA) is 84.2 Å². The highest BCUT2D eigenvalue weighted by Gasteiger charge is 2.24. The lowest BCUT2D eigenvalue weighted by Crippen LogP contribution is -2.47. The van der Waals surface area contributed by atoms with Gasteiger partial charge in [0.2, 0.25) is 11.8 Å². The molecule has 0 radical (unpaired) electrons. The minimum atomic E-state index is -0.356. The van der Waals surface area contributed by atoms with Crippen molar-refractivity contribution in [2.45, 2.75) is 64.5 Å². The largest absolute Gasteiger partial charge is 0.354 e. The Hall–Kier alpha value is -1.10. The molecule has 0 spiro atoms. The Balaban J connectivity index is 2.33. The maximum absolute atomic E-state index is 12.0. The van der Waals surface area contributed by atoms with Crippen LogP contribution in [0.3, 0.4) is 0 Å². The highest BCUT2D eigenvalue weighted by molar-refractivity contribution is 5.88. The third-order valence-electron chi connectivity index (χ3n) is 3.60. The molecule has 0 aromatic rings. The van der Waals surface area contributed by atoms with Crippen molar-refractivity contribution in [1.82, 2.24) is 10.6 Å². The summed E-state index contributed by atoms with van der Waals surface area (Å²) in [5.41, 5.74) is 5.69. The molecule has 110 valence electrons. The average Bonchev–Trinajstić information content (AvgIpc) is 2.54. The molecule has 1 fully saturated rings. The molecule has 1 saturated heterocycles. The summed E-state index contributed by atoms with van der Waals surface area (Å²) >= 11 is 0. The van der Waals surface area contributed by atoms with Gasteiger partial charge in [0.25, 0.3) is 0 Å². The Morgan fingerprint density at radius 2 is 2.16 bits per heavy atom. The smallest absolute Gasteiger partial charge is 0.242 e. The highest BCUT2D eigenvalue weighted by atomic mass is 16.2. The molecule has 2 amide bonds. The molecule has 0 bridgehead atoms. The maximum atomic E-state index is 12.0. The van der Waals surface area contributed by atoms with Crippen LogP contribution in [0.2, 0.25) is 0 Å². The Labute approximate surface area is 115 Å². The van der Waals surface area contributed by atoms with Crippen molar-refractivity contribution in [3.63, 3.8) is 0 Å². The Morgan fingerprint density at radius 3 is 2.84 bits per heavy atom. The molecule has 0 aromatic heterocycles. The van der Waals surface area contributed by atoms with E-state index in [9.17, 15) is 9.59 Å². The number of rotatable bonds is 6. The minimum Gasteiger partial charge on any atom is -0.354 e. The van der Waals surface area contributed by atoms with Gasteiger partial charge in [-0.1, -0.05) is 13.3 Å². The van der Waals surface area contributed by atoms with E-state index in [1.807, 2.05) is 13.8 Å². The third kappa shape index (κ3) is 6.05. The zero-order valence-corrected chi connectivity index (χ0v) is 12.1. The summed E-state index contributed by atoms with van der Waals surface area (Å²) in [6, 6.07) is -0.172. The van der Waals surface area contributed by atoms with E-state index >= 15 is 0 Å². The van der Waals surface area contributed by atoms with Gasteiger partial charge in [0, 0.05) is 18.5 Å². The number of carbonyl (C=O) groups excluding carboxylic acids is 2. The fourth-order valence-corrected chi connectivity index (χ4v) is 2.27. The number of nitrogens with two attached hydrogens (primary N) is 1. The third-order valence-corrected chi connectivity index (χ3v) is 3.60. The van der Waals surface area contributed by atoms with E-state index < -0.39 is 0 Å². The molecule has 0 saturated carbocycles. The SMILES string of the molecule is CC(N)CCCC(C)C(=O)NC1CCCCNC1=O. The number of hydrogen-bond acceptors (Lipinski definition) is 3. The number of nitrogens with one attached hydrogen (secondary N) is 2. The standard InChI is InChI=1S/C14H27N3O2/c1-10(6-5-7-11(2)15)13(18)17-12-8-3-4-9-16-14(12)19/h10-12H,3-9,15H2,1-2H3,(H,16,19)(H,17,18). The summed E-state index contributed by atoms with van der Waals surface area (Å²) in [6.07, 6.45) is 5.40. The monoisotopic (exact) mass is 269 g/mol. The van der Waals surface area contributed by atoms with Gasteiger partial charge in [0.1, 0.15) is 6.04 Å². The van der Waals surface area contributed by atoms with Crippen LogP contribution in [0.4, 0.5) is 0 Å². The van der Waals surface area contributed by atoms with Crippen molar-refractivity contribution >= 4 is 11.8 Å². The molecule has 19 heavy (non-hydrogen) atoms. The second-order valence-corrected chi connectivity index (χ2v) is 5.66. The van der Waals surface area contributed by atoms with Gasteiger partial charge in [-0.05, 0) is 39.0 Å². The Morgan fingerprint density at radius 1 is 1.42 bits per heavy atom. The van der Waals surface area contributed by atoms with Gasteiger partial charge < -0.3 is 16.4 Å². The summed E-state index contributed by atoms with van der Waals surface area (Å²) in [6.45, 7) is 4.60. The van der Waals surface area contributed by atoms with Gasteiger partial charge in [-0.15, -0.1) is 0 Å². The van der Waals surface area contributed by atoms with Crippen LogP contribution in [0.25, 0.3) is 0 Å². The molecule has 0 aromatic carbocycles. The van der Waals surface area contributed by atoms with Crippen LogP contribution in [0.15, 0.2) is 0 Å². The van der Waals surface area contributed by atoms with Crippen LogP contribution in [-0.4, -0.2) is 30.4 Å². The second-order valence-electron chi connectivity index (χ2n) is 5.66. The lowest BCUT2D eigenvalue weighted by Gasteiger charge is -2.18. The number of hydrogen-bond donors (Lipinski definition) is 3. The molecule has 1 rings (SSSR count). The zero-order chi connectivity index (χ0) is 14.3. The summed E-state index contributed by atoms with van der Waals surface area (Å²) < 4.78 is 0. The summed E-state index contributed by atoms with van der Waals surface area (Å²) in [4.78, 5) is 23.8. The van der Waals surface area contributed by atoms with Gasteiger partial charge in [-0.25, -0.2) is 0 Å². The summed E-state index contributed by atoms with van der Waals surface area (Å²) in [5.74, 6) is -0.129. The van der Waals surface area contributed by atoms with E-state index in [0.717, 1.165) is 45.1 Å². The van der Waals surface area contributed by atoms with E-state index in [1.165, 1.54) is 0 Å². The van der Waals surface area contributed by atoms with Crippen LogP contribution in [0, 0.1) is 5.92 Å². The lowest BCUT2D eigenvalue weighted by molar-refractivity contribution is -0.130. The van der Waals surface area contributed by atoms with E-state index in [2.05, 4.69) is 10.6 Å². The Bertz CT molecular complexity index is 305. The first kappa shape index (κ1) is 16.0. The molecular weight excluding hydrogens is 242 g/mol. The number of amides is 2. The fraction of sp³-hybridized carbons (Fsp3) is 0.857. The molecular formula is C14H27N3O2. The molecule has 5 heteroatoms. The molecule has 5 nitrogen and oxygen atoms in total. The van der Waals surface area contributed by atoms with Crippen LogP contribution < -0.4 is 16.4 Å². The lowest BCUT2D eigenvalue weighted by atomic mass is 10.0. The van der Waals surface area contributed by atoms with Crippen molar-refractivity contribution in [3.05, 3.63) is 0 Å². The van der Waals surface area contributed by atoms with Crippen molar-refractivity contribution in [3.8, 4) is 0 Å².